The van der Waals surface area contributed by atoms with Crippen LogP contribution in [0.4, 0.5) is 8.78 Å². The van der Waals surface area contributed by atoms with Gasteiger partial charge in [0.05, 0.1) is 0 Å². The molecule has 0 aliphatic heterocycles. The molecule has 0 heterocycles. The van der Waals surface area contributed by atoms with Gasteiger partial charge in [-0.05, 0) is 30.0 Å². The van der Waals surface area contributed by atoms with Crippen LogP contribution in [0, 0.1) is 17.0 Å². The number of aliphatic hydroxyl groups excluding tert-OH is 1. The lowest BCUT2D eigenvalue weighted by molar-refractivity contribution is 0.213. The van der Waals surface area contributed by atoms with Crippen LogP contribution in [0.15, 0.2) is 23.1 Å². The van der Waals surface area contributed by atoms with Crippen molar-refractivity contribution in [1.82, 2.24) is 4.72 Å². The predicted molar refractivity (Wildman–Crippen MR) is 67.0 cm³/mol. The fourth-order valence-corrected chi connectivity index (χ4v) is 2.77. The maximum absolute atomic E-state index is 13.4. The summed E-state index contributed by atoms with van der Waals surface area (Å²) in [4.78, 5) is -0.715. The highest BCUT2D eigenvalue weighted by atomic mass is 32.2. The van der Waals surface area contributed by atoms with E-state index in [9.17, 15) is 17.2 Å². The number of nitrogens with one attached hydrogen (secondary N) is 1. The molecule has 7 heteroatoms. The van der Waals surface area contributed by atoms with Crippen LogP contribution in [0.2, 0.25) is 0 Å². The summed E-state index contributed by atoms with van der Waals surface area (Å²) in [5, 5.41) is 8.84. The van der Waals surface area contributed by atoms with Gasteiger partial charge in [0, 0.05) is 13.2 Å². The summed E-state index contributed by atoms with van der Waals surface area (Å²) in [6, 6.07) is 2.25. The lowest BCUT2D eigenvalue weighted by Crippen LogP contribution is -2.35. The first-order valence-electron chi connectivity index (χ1n) is 5.73. The van der Waals surface area contributed by atoms with E-state index >= 15 is 0 Å². The topological polar surface area (TPSA) is 66.4 Å². The lowest BCUT2D eigenvalue weighted by atomic mass is 9.90. The van der Waals surface area contributed by atoms with E-state index in [-0.39, 0.29) is 13.2 Å². The molecule has 0 aliphatic rings. The molecule has 0 fully saturated rings. The van der Waals surface area contributed by atoms with Crippen LogP contribution in [0.3, 0.4) is 0 Å². The third-order valence-electron chi connectivity index (χ3n) is 2.71. The van der Waals surface area contributed by atoms with Crippen LogP contribution in [0.1, 0.15) is 20.3 Å². The maximum Gasteiger partial charge on any atom is 0.243 e. The minimum Gasteiger partial charge on any atom is -0.396 e. The molecule has 0 aromatic heterocycles. The summed E-state index contributed by atoms with van der Waals surface area (Å²) in [5.74, 6) is -1.83. The van der Waals surface area contributed by atoms with Crippen LogP contribution in [0.25, 0.3) is 0 Å². The van der Waals surface area contributed by atoms with Gasteiger partial charge in [-0.3, -0.25) is 0 Å². The smallest absolute Gasteiger partial charge is 0.243 e. The Morgan fingerprint density at radius 2 is 1.95 bits per heavy atom. The van der Waals surface area contributed by atoms with E-state index in [1.807, 2.05) is 0 Å². The average Bonchev–Trinajstić information content (AvgIpc) is 2.30. The molecule has 0 amide bonds. The zero-order valence-electron chi connectivity index (χ0n) is 10.8. The van der Waals surface area contributed by atoms with Crippen LogP contribution in [-0.2, 0) is 10.0 Å². The largest absolute Gasteiger partial charge is 0.396 e. The standard InChI is InChI=1S/C12H17F2NO3S/c1-12(2,5-6-16)8-15-19(17,18)11-7-9(13)3-4-10(11)14/h3-4,7,15-16H,5-6,8H2,1-2H3. The van der Waals surface area contributed by atoms with Crippen LogP contribution < -0.4 is 4.72 Å². The van der Waals surface area contributed by atoms with E-state index in [0.29, 0.717) is 12.5 Å². The van der Waals surface area contributed by atoms with Crippen molar-refractivity contribution in [2.45, 2.75) is 25.2 Å². The Labute approximate surface area is 111 Å². The van der Waals surface area contributed by atoms with Gasteiger partial charge in [0.2, 0.25) is 10.0 Å². The highest BCUT2D eigenvalue weighted by molar-refractivity contribution is 7.89. The summed E-state index contributed by atoms with van der Waals surface area (Å²) in [6.07, 6.45) is 0.390. The van der Waals surface area contributed by atoms with E-state index in [0.717, 1.165) is 12.1 Å². The SMILES string of the molecule is CC(C)(CCO)CNS(=O)(=O)c1cc(F)ccc1F. The molecule has 0 unspecified atom stereocenters. The molecular weight excluding hydrogens is 276 g/mol. The number of aliphatic hydroxyl groups is 1. The molecule has 0 aliphatic carbocycles. The monoisotopic (exact) mass is 293 g/mol. The second-order valence-corrected chi connectivity index (χ2v) is 6.77. The van der Waals surface area contributed by atoms with Crippen molar-refractivity contribution in [3.63, 3.8) is 0 Å². The minimum atomic E-state index is -4.11. The summed E-state index contributed by atoms with van der Waals surface area (Å²) in [7, 11) is -4.11. The summed E-state index contributed by atoms with van der Waals surface area (Å²) >= 11 is 0. The van der Waals surface area contributed by atoms with Crippen molar-refractivity contribution >= 4 is 10.0 Å². The quantitative estimate of drug-likeness (QED) is 0.838. The Morgan fingerprint density at radius 3 is 2.53 bits per heavy atom. The number of hydrogen-bond donors (Lipinski definition) is 2. The predicted octanol–water partition coefficient (Wildman–Crippen LogP) is 1.65. The zero-order valence-corrected chi connectivity index (χ0v) is 11.6. The van der Waals surface area contributed by atoms with Gasteiger partial charge in [-0.1, -0.05) is 13.8 Å². The third-order valence-corrected chi connectivity index (χ3v) is 4.13. The molecule has 1 aromatic rings. The van der Waals surface area contributed by atoms with Crippen molar-refractivity contribution in [3.05, 3.63) is 29.8 Å². The van der Waals surface area contributed by atoms with Crippen LogP contribution >= 0.6 is 0 Å². The van der Waals surface area contributed by atoms with Gasteiger partial charge in [0.25, 0.3) is 0 Å². The molecule has 0 saturated heterocycles. The van der Waals surface area contributed by atoms with Crippen molar-refractivity contribution < 1.29 is 22.3 Å². The molecule has 4 nitrogen and oxygen atoms in total. The third kappa shape index (κ3) is 4.52. The Kier molecular flexibility index (Phi) is 5.00. The molecular formula is C12H17F2NO3S. The van der Waals surface area contributed by atoms with E-state index in [1.54, 1.807) is 13.8 Å². The number of rotatable bonds is 6. The summed E-state index contributed by atoms with van der Waals surface area (Å²) in [6.45, 7) is 3.45. The first-order chi connectivity index (χ1) is 8.68. The van der Waals surface area contributed by atoms with Gasteiger partial charge < -0.3 is 5.11 Å². The van der Waals surface area contributed by atoms with Crippen molar-refractivity contribution in [2.24, 2.45) is 5.41 Å². The van der Waals surface area contributed by atoms with Crippen molar-refractivity contribution in [2.75, 3.05) is 13.2 Å². The van der Waals surface area contributed by atoms with Crippen LogP contribution in [0.5, 0.6) is 0 Å². The van der Waals surface area contributed by atoms with Crippen molar-refractivity contribution in [1.29, 1.82) is 0 Å². The van der Waals surface area contributed by atoms with Gasteiger partial charge in [-0.15, -0.1) is 0 Å². The van der Waals surface area contributed by atoms with E-state index < -0.39 is 32.0 Å². The summed E-state index contributed by atoms with van der Waals surface area (Å²) in [5.41, 5.74) is -0.481. The Balaban J connectivity index is 2.90. The highest BCUT2D eigenvalue weighted by Gasteiger charge is 2.24. The molecule has 2 N–H and O–H groups in total. The van der Waals surface area contributed by atoms with E-state index in [4.69, 9.17) is 5.11 Å². The van der Waals surface area contributed by atoms with Gasteiger partial charge >= 0.3 is 0 Å². The van der Waals surface area contributed by atoms with Crippen LogP contribution in [-0.4, -0.2) is 26.7 Å². The number of hydrogen-bond acceptors (Lipinski definition) is 3. The molecule has 0 saturated carbocycles. The highest BCUT2D eigenvalue weighted by Crippen LogP contribution is 2.21. The molecule has 1 rings (SSSR count). The normalized spacial score (nSPS) is 12.7. The molecule has 108 valence electrons. The van der Waals surface area contributed by atoms with Gasteiger partial charge in [-0.25, -0.2) is 21.9 Å². The lowest BCUT2D eigenvalue weighted by Gasteiger charge is -2.23. The second-order valence-electron chi connectivity index (χ2n) is 5.04. The van der Waals surface area contributed by atoms with E-state index in [1.165, 1.54) is 0 Å². The van der Waals surface area contributed by atoms with E-state index in [2.05, 4.69) is 4.72 Å². The molecule has 0 spiro atoms. The fraction of sp³-hybridized carbons (Fsp3) is 0.500. The number of halogens is 2. The van der Waals surface area contributed by atoms with Gasteiger partial charge in [-0.2, -0.15) is 0 Å². The Hall–Kier alpha value is -1.05. The first-order valence-corrected chi connectivity index (χ1v) is 7.22. The molecule has 0 atom stereocenters. The molecule has 19 heavy (non-hydrogen) atoms. The average molecular weight is 293 g/mol. The minimum absolute atomic E-state index is 0.0197. The number of sulfonamides is 1. The Morgan fingerprint density at radius 1 is 1.32 bits per heavy atom. The number of benzene rings is 1. The van der Waals surface area contributed by atoms with Crippen molar-refractivity contribution in [3.8, 4) is 0 Å². The van der Waals surface area contributed by atoms with Gasteiger partial charge in [0.1, 0.15) is 16.5 Å². The van der Waals surface area contributed by atoms with Gasteiger partial charge in [0.15, 0.2) is 0 Å². The molecule has 1 aromatic carbocycles. The maximum atomic E-state index is 13.4. The fourth-order valence-electron chi connectivity index (χ4n) is 1.44. The molecule has 0 bridgehead atoms. The first kappa shape index (κ1) is 16.0. The summed E-state index contributed by atoms with van der Waals surface area (Å²) < 4.78 is 52.4. The Bertz CT molecular complexity index is 544. The second kappa shape index (κ2) is 5.94. The molecule has 0 radical (unpaired) electrons. The zero-order chi connectivity index (χ0) is 14.7.